The van der Waals surface area contributed by atoms with Crippen LogP contribution in [0.2, 0.25) is 5.02 Å². The molecule has 94 valence electrons. The van der Waals surface area contributed by atoms with E-state index in [1.807, 2.05) is 19.2 Å². The van der Waals surface area contributed by atoms with E-state index >= 15 is 0 Å². The highest BCUT2D eigenvalue weighted by Crippen LogP contribution is 2.28. The Bertz CT molecular complexity index is 537. The molecular weight excluding hydrogens is 246 g/mol. The Kier molecular flexibility index (Phi) is 3.78. The summed E-state index contributed by atoms with van der Waals surface area (Å²) < 4.78 is 0. The van der Waals surface area contributed by atoms with Gasteiger partial charge in [-0.1, -0.05) is 41.4 Å². The highest BCUT2D eigenvalue weighted by Gasteiger charge is 2.08. The van der Waals surface area contributed by atoms with E-state index in [9.17, 15) is 5.11 Å². The minimum atomic E-state index is 0.165. The number of nitrogens with zero attached hydrogens (tertiary/aromatic N) is 1. The smallest absolute Gasteiger partial charge is 0.139 e. The Morgan fingerprint density at radius 2 is 1.78 bits per heavy atom. The Balaban J connectivity index is 2.18. The Morgan fingerprint density at radius 3 is 2.44 bits per heavy atom. The summed E-state index contributed by atoms with van der Waals surface area (Å²) in [6.07, 6.45) is 0. The molecule has 18 heavy (non-hydrogen) atoms. The SMILES string of the molecule is Cc1ccc(N(C)Cc2cccc(Cl)c2O)cc1. The van der Waals surface area contributed by atoms with Crippen molar-refractivity contribution in [3.8, 4) is 5.75 Å². The summed E-state index contributed by atoms with van der Waals surface area (Å²) in [4.78, 5) is 2.07. The summed E-state index contributed by atoms with van der Waals surface area (Å²) >= 11 is 5.90. The molecule has 0 radical (unpaired) electrons. The lowest BCUT2D eigenvalue weighted by molar-refractivity contribution is 0.468. The maximum atomic E-state index is 9.88. The van der Waals surface area contributed by atoms with Crippen LogP contribution >= 0.6 is 11.6 Å². The molecule has 1 N–H and O–H groups in total. The molecule has 0 amide bonds. The van der Waals surface area contributed by atoms with Gasteiger partial charge < -0.3 is 10.0 Å². The number of phenols is 1. The van der Waals surface area contributed by atoms with E-state index in [-0.39, 0.29) is 5.75 Å². The first-order valence-corrected chi connectivity index (χ1v) is 6.20. The standard InChI is InChI=1S/C15H16ClNO/c1-11-6-8-13(9-7-11)17(2)10-12-4-3-5-14(16)15(12)18/h3-9,18H,10H2,1-2H3. The maximum Gasteiger partial charge on any atom is 0.139 e. The number of benzene rings is 2. The molecule has 0 bridgehead atoms. The Hall–Kier alpha value is -1.67. The zero-order valence-corrected chi connectivity index (χ0v) is 11.3. The molecular formula is C15H16ClNO. The van der Waals surface area contributed by atoms with Crippen molar-refractivity contribution < 1.29 is 5.11 Å². The van der Waals surface area contributed by atoms with Gasteiger partial charge in [0.25, 0.3) is 0 Å². The molecule has 2 nitrogen and oxygen atoms in total. The second-order valence-corrected chi connectivity index (χ2v) is 4.85. The van der Waals surface area contributed by atoms with E-state index in [0.29, 0.717) is 11.6 Å². The lowest BCUT2D eigenvalue weighted by Gasteiger charge is -2.20. The fourth-order valence-electron chi connectivity index (χ4n) is 1.83. The van der Waals surface area contributed by atoms with E-state index in [0.717, 1.165) is 11.3 Å². The van der Waals surface area contributed by atoms with E-state index in [4.69, 9.17) is 11.6 Å². The number of anilines is 1. The molecule has 0 aliphatic heterocycles. The molecule has 3 heteroatoms. The molecule has 0 unspecified atom stereocenters. The quantitative estimate of drug-likeness (QED) is 0.903. The van der Waals surface area contributed by atoms with Crippen molar-refractivity contribution in [2.45, 2.75) is 13.5 Å². The summed E-state index contributed by atoms with van der Waals surface area (Å²) in [5.41, 5.74) is 3.17. The largest absolute Gasteiger partial charge is 0.506 e. The minimum absolute atomic E-state index is 0.165. The fraction of sp³-hybridized carbons (Fsp3) is 0.200. The summed E-state index contributed by atoms with van der Waals surface area (Å²) in [5.74, 6) is 0.165. The predicted octanol–water partition coefficient (Wildman–Crippen LogP) is 3.99. The van der Waals surface area contributed by atoms with Crippen LogP contribution in [-0.2, 0) is 6.54 Å². The van der Waals surface area contributed by atoms with Crippen LogP contribution in [0, 0.1) is 6.92 Å². The summed E-state index contributed by atoms with van der Waals surface area (Å²) in [5, 5.41) is 10.3. The molecule has 0 saturated carbocycles. The Labute approximate surface area is 112 Å². The highest BCUT2D eigenvalue weighted by molar-refractivity contribution is 6.32. The zero-order chi connectivity index (χ0) is 13.1. The van der Waals surface area contributed by atoms with Crippen molar-refractivity contribution >= 4 is 17.3 Å². The van der Waals surface area contributed by atoms with Gasteiger partial charge in [0, 0.05) is 24.8 Å². The van der Waals surface area contributed by atoms with Crippen LogP contribution in [0.25, 0.3) is 0 Å². The molecule has 0 aromatic heterocycles. The molecule has 2 rings (SSSR count). The lowest BCUT2D eigenvalue weighted by atomic mass is 10.1. The van der Waals surface area contributed by atoms with Gasteiger partial charge in [0.2, 0.25) is 0 Å². The van der Waals surface area contributed by atoms with Crippen LogP contribution < -0.4 is 4.90 Å². The monoisotopic (exact) mass is 261 g/mol. The maximum absolute atomic E-state index is 9.88. The van der Waals surface area contributed by atoms with Crippen LogP contribution in [0.5, 0.6) is 5.75 Å². The third-order valence-electron chi connectivity index (χ3n) is 2.95. The van der Waals surface area contributed by atoms with Crippen LogP contribution in [-0.4, -0.2) is 12.2 Å². The number of aryl methyl sites for hydroxylation is 1. The second-order valence-electron chi connectivity index (χ2n) is 4.44. The van der Waals surface area contributed by atoms with Gasteiger partial charge in [-0.3, -0.25) is 0 Å². The van der Waals surface area contributed by atoms with Crippen molar-refractivity contribution in [3.63, 3.8) is 0 Å². The van der Waals surface area contributed by atoms with Crippen molar-refractivity contribution in [2.75, 3.05) is 11.9 Å². The topological polar surface area (TPSA) is 23.5 Å². The first kappa shape index (κ1) is 12.8. The zero-order valence-electron chi connectivity index (χ0n) is 10.5. The van der Waals surface area contributed by atoms with Gasteiger partial charge in [0.1, 0.15) is 5.75 Å². The van der Waals surface area contributed by atoms with Gasteiger partial charge in [-0.15, -0.1) is 0 Å². The van der Waals surface area contributed by atoms with Crippen molar-refractivity contribution in [1.82, 2.24) is 0 Å². The first-order chi connectivity index (χ1) is 8.58. The van der Waals surface area contributed by atoms with Gasteiger partial charge in [-0.05, 0) is 25.1 Å². The molecule has 0 aliphatic carbocycles. The van der Waals surface area contributed by atoms with Gasteiger partial charge in [-0.2, -0.15) is 0 Å². The van der Waals surface area contributed by atoms with Crippen LogP contribution in [0.3, 0.4) is 0 Å². The summed E-state index contributed by atoms with van der Waals surface area (Å²) in [7, 11) is 1.99. The van der Waals surface area contributed by atoms with Crippen LogP contribution in [0.4, 0.5) is 5.69 Å². The van der Waals surface area contributed by atoms with E-state index in [1.165, 1.54) is 5.56 Å². The molecule has 2 aromatic rings. The van der Waals surface area contributed by atoms with E-state index in [2.05, 4.69) is 36.1 Å². The number of hydrogen-bond acceptors (Lipinski definition) is 2. The van der Waals surface area contributed by atoms with Gasteiger partial charge >= 0.3 is 0 Å². The van der Waals surface area contributed by atoms with E-state index in [1.54, 1.807) is 6.07 Å². The van der Waals surface area contributed by atoms with Crippen LogP contribution in [0.15, 0.2) is 42.5 Å². The van der Waals surface area contributed by atoms with Gasteiger partial charge in [-0.25, -0.2) is 0 Å². The predicted molar refractivity (Wildman–Crippen MR) is 76.4 cm³/mol. The third kappa shape index (κ3) is 2.77. The van der Waals surface area contributed by atoms with Crippen molar-refractivity contribution in [2.24, 2.45) is 0 Å². The Morgan fingerprint density at radius 1 is 1.11 bits per heavy atom. The van der Waals surface area contributed by atoms with Crippen molar-refractivity contribution in [1.29, 1.82) is 0 Å². The highest BCUT2D eigenvalue weighted by atomic mass is 35.5. The number of phenolic OH excluding ortho intramolecular Hbond substituents is 1. The lowest BCUT2D eigenvalue weighted by Crippen LogP contribution is -2.16. The molecule has 0 fully saturated rings. The number of para-hydroxylation sites is 1. The molecule has 2 aromatic carbocycles. The molecule has 0 saturated heterocycles. The van der Waals surface area contributed by atoms with Crippen molar-refractivity contribution in [3.05, 3.63) is 58.6 Å². The average molecular weight is 262 g/mol. The number of halogens is 1. The molecule has 0 heterocycles. The fourth-order valence-corrected chi connectivity index (χ4v) is 2.03. The number of aromatic hydroxyl groups is 1. The van der Waals surface area contributed by atoms with E-state index < -0.39 is 0 Å². The second kappa shape index (κ2) is 5.32. The van der Waals surface area contributed by atoms with Gasteiger partial charge in [0.15, 0.2) is 0 Å². The molecule has 0 aliphatic rings. The molecule has 0 spiro atoms. The summed E-state index contributed by atoms with van der Waals surface area (Å²) in [6, 6.07) is 13.7. The first-order valence-electron chi connectivity index (χ1n) is 5.82. The molecule has 0 atom stereocenters. The number of hydrogen-bond donors (Lipinski definition) is 1. The third-order valence-corrected chi connectivity index (χ3v) is 3.26. The normalized spacial score (nSPS) is 10.4. The summed E-state index contributed by atoms with van der Waals surface area (Å²) in [6.45, 7) is 2.68. The van der Waals surface area contributed by atoms with Crippen LogP contribution in [0.1, 0.15) is 11.1 Å². The average Bonchev–Trinajstić information content (AvgIpc) is 2.36. The van der Waals surface area contributed by atoms with Gasteiger partial charge in [0.05, 0.1) is 5.02 Å². The number of rotatable bonds is 3. The minimum Gasteiger partial charge on any atom is -0.506 e.